The number of hydrogen-bond donors (Lipinski definition) is 0. The Morgan fingerprint density at radius 1 is 0.393 bits per heavy atom. The Morgan fingerprint density at radius 3 is 1.57 bits per heavy atom. The third kappa shape index (κ3) is 7.15. The van der Waals surface area contributed by atoms with Crippen molar-refractivity contribution in [1.29, 1.82) is 0 Å². The highest BCUT2D eigenvalue weighted by molar-refractivity contribution is 6.95. The zero-order chi connectivity index (χ0) is 58.3. The smallest absolute Gasteiger partial charge is 0.337 e. The monoisotopic (exact) mass is 1100 g/mol. The summed E-state index contributed by atoms with van der Waals surface area (Å²) in [6, 6.07) is 51.5. The van der Waals surface area contributed by atoms with Gasteiger partial charge in [-0.25, -0.2) is 0 Å². The second-order valence-corrected chi connectivity index (χ2v) is 31.2. The van der Waals surface area contributed by atoms with E-state index in [1.54, 1.807) is 0 Å². The predicted octanol–water partition coefficient (Wildman–Crippen LogP) is 21.0. The van der Waals surface area contributed by atoms with Gasteiger partial charge < -0.3 is 18.1 Å². The quantitative estimate of drug-likeness (QED) is 0.165. The van der Waals surface area contributed by atoms with E-state index in [9.17, 15) is 0 Å². The SMILES string of the molecule is CC(C)(C)c1ccc(N2c3cc4c(oc5ccccc54)c4c3B(c3c2oc2cc5c(cc32)C(C)(C)CCC5(C)C)N(c2ccc3c(c2)C(C)(C)CCC3(C)C)c2ccc3c(oc5cc6c(cc53)C(C)(C)CCC6(C)C)c2-4)c(-c2ccccc2)c1. The van der Waals surface area contributed by atoms with Gasteiger partial charge in [-0.2, -0.15) is 0 Å². The van der Waals surface area contributed by atoms with Crippen LogP contribution in [0, 0.1) is 0 Å². The van der Waals surface area contributed by atoms with E-state index in [4.69, 9.17) is 13.3 Å². The molecule has 0 saturated heterocycles. The molecule has 0 saturated carbocycles. The first-order valence-corrected chi connectivity index (χ1v) is 31.3. The van der Waals surface area contributed by atoms with Crippen molar-refractivity contribution in [2.45, 2.75) is 180 Å². The van der Waals surface area contributed by atoms with E-state index in [1.807, 2.05) is 0 Å². The van der Waals surface area contributed by atoms with Gasteiger partial charge in [-0.15, -0.1) is 0 Å². The molecule has 422 valence electrons. The van der Waals surface area contributed by atoms with E-state index < -0.39 is 0 Å². The lowest BCUT2D eigenvalue weighted by Gasteiger charge is -2.46. The molecule has 5 heterocycles. The Labute approximate surface area is 496 Å². The minimum Gasteiger partial charge on any atom is -0.455 e. The summed E-state index contributed by atoms with van der Waals surface area (Å²) in [6.07, 6.45) is 6.75. The fourth-order valence-corrected chi connectivity index (χ4v) is 16.4. The van der Waals surface area contributed by atoms with Crippen molar-refractivity contribution in [2.75, 3.05) is 9.71 Å². The van der Waals surface area contributed by atoms with Gasteiger partial charge in [-0.1, -0.05) is 165 Å². The topological polar surface area (TPSA) is 45.9 Å². The van der Waals surface area contributed by atoms with Gasteiger partial charge in [-0.05, 0) is 199 Å². The van der Waals surface area contributed by atoms with Crippen molar-refractivity contribution in [3.8, 4) is 22.3 Å². The van der Waals surface area contributed by atoms with E-state index in [0.717, 1.165) is 139 Å². The number of nitrogens with zero attached hydrogens (tertiary/aromatic N) is 2. The molecular formula is C78H79BN2O3. The maximum absolute atomic E-state index is 7.88. The number of rotatable bonds is 3. The van der Waals surface area contributed by atoms with Crippen LogP contribution in [-0.2, 0) is 37.9 Å². The van der Waals surface area contributed by atoms with E-state index in [0.29, 0.717) is 0 Å². The Bertz CT molecular complexity index is 4680. The molecule has 5 nitrogen and oxygen atoms in total. The van der Waals surface area contributed by atoms with E-state index in [1.165, 1.54) is 55.3 Å². The molecule has 0 amide bonds. The Kier molecular flexibility index (Phi) is 10.4. The van der Waals surface area contributed by atoms with Crippen LogP contribution in [0.4, 0.5) is 28.6 Å². The van der Waals surface area contributed by atoms with Gasteiger partial charge >= 0.3 is 6.85 Å². The van der Waals surface area contributed by atoms with Crippen molar-refractivity contribution in [3.05, 3.63) is 172 Å². The van der Waals surface area contributed by atoms with Crippen LogP contribution >= 0.6 is 0 Å². The first-order chi connectivity index (χ1) is 39.7. The first-order valence-electron chi connectivity index (χ1n) is 31.3. The zero-order valence-corrected chi connectivity index (χ0v) is 52.1. The average molecular weight is 1100 g/mol. The van der Waals surface area contributed by atoms with E-state index in [2.05, 4.69) is 247 Å². The lowest BCUT2D eigenvalue weighted by atomic mass is 9.43. The van der Waals surface area contributed by atoms with Gasteiger partial charge in [0.15, 0.2) is 0 Å². The van der Waals surface area contributed by atoms with Crippen molar-refractivity contribution in [1.82, 2.24) is 0 Å². The van der Waals surface area contributed by atoms with Gasteiger partial charge in [0.05, 0.1) is 11.3 Å². The summed E-state index contributed by atoms with van der Waals surface area (Å²) in [6.45, 7) is 35.9. The van der Waals surface area contributed by atoms with Gasteiger partial charge in [-0.3, -0.25) is 4.90 Å². The lowest BCUT2D eigenvalue weighted by molar-refractivity contribution is 0.332. The van der Waals surface area contributed by atoms with Crippen molar-refractivity contribution < 1.29 is 13.3 Å². The summed E-state index contributed by atoms with van der Waals surface area (Å²) in [5.74, 6) is 0.854. The molecule has 3 aromatic heterocycles. The van der Waals surface area contributed by atoms with Crippen LogP contribution in [0.3, 0.4) is 0 Å². The summed E-state index contributed by atoms with van der Waals surface area (Å²) < 4.78 is 23.0. The number of hydrogen-bond acceptors (Lipinski definition) is 5. The zero-order valence-electron chi connectivity index (χ0n) is 52.1. The number of furan rings is 3. The molecule has 0 unspecified atom stereocenters. The van der Waals surface area contributed by atoms with Crippen LogP contribution in [0.5, 0.6) is 0 Å². The van der Waals surface area contributed by atoms with Crippen LogP contribution in [0.1, 0.15) is 181 Å². The summed E-state index contributed by atoms with van der Waals surface area (Å²) in [4.78, 5) is 5.23. The molecule has 0 N–H and O–H groups in total. The summed E-state index contributed by atoms with van der Waals surface area (Å²) >= 11 is 0. The number of fused-ring (bicyclic) bond motifs is 17. The molecule has 8 aromatic carbocycles. The molecule has 0 fully saturated rings. The van der Waals surface area contributed by atoms with Crippen LogP contribution in [0.25, 0.3) is 77.1 Å². The van der Waals surface area contributed by atoms with E-state index >= 15 is 0 Å². The molecular weight excluding hydrogens is 1020 g/mol. The Balaban J connectivity index is 1.11. The largest absolute Gasteiger partial charge is 0.455 e. The molecule has 0 atom stereocenters. The van der Waals surface area contributed by atoms with Crippen LogP contribution in [-0.4, -0.2) is 6.85 Å². The molecule has 5 aliphatic rings. The third-order valence-corrected chi connectivity index (χ3v) is 22.0. The number of anilines is 5. The van der Waals surface area contributed by atoms with Crippen LogP contribution in [0.15, 0.2) is 147 Å². The highest BCUT2D eigenvalue weighted by Gasteiger charge is 2.52. The summed E-state index contributed by atoms with van der Waals surface area (Å²) in [5, 5.41) is 5.60. The number of para-hydroxylation sites is 1. The minimum atomic E-state index is -0.354. The number of benzene rings is 8. The Hall–Kier alpha value is -7.44. The van der Waals surface area contributed by atoms with Crippen molar-refractivity contribution in [3.63, 3.8) is 0 Å². The molecule has 11 aromatic rings. The third-order valence-electron chi connectivity index (χ3n) is 22.0. The normalized spacial score (nSPS) is 19.3. The highest BCUT2D eigenvalue weighted by atomic mass is 16.4. The van der Waals surface area contributed by atoms with Crippen molar-refractivity contribution in [2.24, 2.45) is 0 Å². The fourth-order valence-electron chi connectivity index (χ4n) is 16.4. The molecule has 0 bridgehead atoms. The molecule has 2 aliphatic heterocycles. The Morgan fingerprint density at radius 2 is 0.929 bits per heavy atom. The summed E-state index contributed by atoms with van der Waals surface area (Å²) in [5.41, 5.74) is 25.4. The first kappa shape index (κ1) is 52.1. The molecule has 0 radical (unpaired) electrons. The van der Waals surface area contributed by atoms with Crippen LogP contribution < -0.4 is 20.6 Å². The molecule has 84 heavy (non-hydrogen) atoms. The summed E-state index contributed by atoms with van der Waals surface area (Å²) in [7, 11) is 0. The lowest BCUT2D eigenvalue weighted by Crippen LogP contribution is -2.61. The fraction of sp³-hybridized carbons (Fsp3) is 0.359. The van der Waals surface area contributed by atoms with E-state index in [-0.39, 0.29) is 44.8 Å². The van der Waals surface area contributed by atoms with Gasteiger partial charge in [0.25, 0.3) is 0 Å². The second-order valence-electron chi connectivity index (χ2n) is 31.2. The van der Waals surface area contributed by atoms with Crippen LogP contribution in [0.2, 0.25) is 0 Å². The van der Waals surface area contributed by atoms with Crippen molar-refractivity contribution >= 4 is 101 Å². The second kappa shape index (κ2) is 16.7. The molecule has 6 heteroatoms. The molecule has 0 spiro atoms. The molecule has 3 aliphatic carbocycles. The molecule has 16 rings (SSSR count). The van der Waals surface area contributed by atoms with Gasteiger partial charge in [0, 0.05) is 60.6 Å². The highest BCUT2D eigenvalue weighted by Crippen LogP contribution is 2.58. The minimum absolute atomic E-state index is 0.0115. The standard InChI is InChI=1S/C78H79BN2O3/c1-72(2,3)45-25-29-59(49(37-45)44-21-17-16-18-22-44)80-61-41-51-47-23-19-20-24-62(47)82-70(51)66-65-60(30-27-48-50-39-55-57(42-63(50)83-69(48)65)77(12,13)35-33-75(55,8)9)81(46-26-28-53-54(38-46)74(6,7)32-31-73(53,4)5)79(68(61)66)67-52-40-56-58(43-64(52)84-71(67)80)78(14,15)36-34-76(56,10)11/h16-30,37-43H,31-36H2,1-15H3. The maximum atomic E-state index is 7.88. The maximum Gasteiger partial charge on any atom is 0.337 e. The average Bonchev–Trinajstić information content (AvgIpc) is 1.35. The predicted molar refractivity (Wildman–Crippen MR) is 354 cm³/mol. The van der Waals surface area contributed by atoms with Gasteiger partial charge in [0.2, 0.25) is 5.88 Å². The van der Waals surface area contributed by atoms with Gasteiger partial charge in [0.1, 0.15) is 27.9 Å².